The molecular formula is C22H17F3N2O4S. The lowest BCUT2D eigenvalue weighted by molar-refractivity contribution is -0.112. The van der Waals surface area contributed by atoms with Crippen molar-refractivity contribution in [2.75, 3.05) is 25.6 Å². The number of benzene rings is 2. The van der Waals surface area contributed by atoms with Crippen molar-refractivity contribution in [2.45, 2.75) is 6.18 Å². The van der Waals surface area contributed by atoms with Gasteiger partial charge in [0.25, 0.3) is 5.91 Å². The molecule has 0 aliphatic carbocycles. The van der Waals surface area contributed by atoms with Crippen LogP contribution in [-0.2, 0) is 4.79 Å². The molecule has 0 atom stereocenters. The van der Waals surface area contributed by atoms with Crippen LogP contribution in [0.1, 0.15) is 5.56 Å². The first kappa shape index (κ1) is 21.7. The molecule has 1 aromatic heterocycles. The minimum absolute atomic E-state index is 0.181. The molecule has 4 rings (SSSR count). The maximum Gasteiger partial charge on any atom is 0.417 e. The Morgan fingerprint density at radius 1 is 1.12 bits per heavy atom. The SMILES string of the molecule is COc1ccc(-c2csc(NC(=O)/C=C(\c3ccc4c(c3)OCCO4)C(F)(F)F)n2)cc1. The van der Waals surface area contributed by atoms with E-state index in [0.29, 0.717) is 29.9 Å². The second-order valence-corrected chi connectivity index (χ2v) is 7.53. The third-order valence-corrected chi connectivity index (χ3v) is 5.31. The number of alkyl halides is 3. The first-order chi connectivity index (χ1) is 15.3. The van der Waals surface area contributed by atoms with Gasteiger partial charge in [-0.3, -0.25) is 10.1 Å². The summed E-state index contributed by atoms with van der Waals surface area (Å²) in [6.45, 7) is 0.561. The Morgan fingerprint density at radius 3 is 2.53 bits per heavy atom. The van der Waals surface area contributed by atoms with Crippen LogP contribution >= 0.6 is 11.3 Å². The number of halogens is 3. The molecule has 1 aliphatic heterocycles. The Kier molecular flexibility index (Phi) is 6.04. The van der Waals surface area contributed by atoms with E-state index in [1.807, 2.05) is 0 Å². The van der Waals surface area contributed by atoms with Crippen molar-refractivity contribution in [1.82, 2.24) is 4.98 Å². The molecule has 0 saturated heterocycles. The number of anilines is 1. The summed E-state index contributed by atoms with van der Waals surface area (Å²) in [7, 11) is 1.55. The molecule has 32 heavy (non-hydrogen) atoms. The quantitative estimate of drug-likeness (QED) is 0.530. The Bertz CT molecular complexity index is 1160. The molecule has 10 heteroatoms. The number of thiazole rings is 1. The molecule has 0 saturated carbocycles. The van der Waals surface area contributed by atoms with Crippen molar-refractivity contribution in [2.24, 2.45) is 0 Å². The van der Waals surface area contributed by atoms with E-state index in [1.165, 1.54) is 18.2 Å². The Morgan fingerprint density at radius 2 is 1.84 bits per heavy atom. The molecule has 1 N–H and O–H groups in total. The highest BCUT2D eigenvalue weighted by Crippen LogP contribution is 2.39. The van der Waals surface area contributed by atoms with Crippen LogP contribution in [0.15, 0.2) is 53.9 Å². The van der Waals surface area contributed by atoms with Crippen molar-refractivity contribution in [1.29, 1.82) is 0 Å². The summed E-state index contributed by atoms with van der Waals surface area (Å²) in [6, 6.07) is 11.0. The van der Waals surface area contributed by atoms with Gasteiger partial charge < -0.3 is 14.2 Å². The average Bonchev–Trinajstić information content (AvgIpc) is 3.25. The van der Waals surface area contributed by atoms with E-state index < -0.39 is 17.7 Å². The summed E-state index contributed by atoms with van der Waals surface area (Å²) in [5.41, 5.74) is 0.0685. The smallest absolute Gasteiger partial charge is 0.417 e. The van der Waals surface area contributed by atoms with E-state index in [-0.39, 0.29) is 23.1 Å². The minimum Gasteiger partial charge on any atom is -0.497 e. The van der Waals surface area contributed by atoms with Crippen molar-refractivity contribution in [3.8, 4) is 28.5 Å². The van der Waals surface area contributed by atoms with Gasteiger partial charge in [0.1, 0.15) is 19.0 Å². The Hall–Kier alpha value is -3.53. The van der Waals surface area contributed by atoms with Gasteiger partial charge in [0.15, 0.2) is 16.6 Å². The van der Waals surface area contributed by atoms with Crippen molar-refractivity contribution < 1.29 is 32.2 Å². The average molecular weight is 462 g/mol. The second-order valence-electron chi connectivity index (χ2n) is 6.67. The Labute approximate surface area is 185 Å². The van der Waals surface area contributed by atoms with E-state index >= 15 is 0 Å². The van der Waals surface area contributed by atoms with E-state index in [1.54, 1.807) is 36.8 Å². The maximum atomic E-state index is 13.7. The molecule has 3 aromatic rings. The van der Waals surface area contributed by atoms with E-state index in [4.69, 9.17) is 14.2 Å². The molecule has 0 bridgehead atoms. The summed E-state index contributed by atoms with van der Waals surface area (Å²) in [5, 5.41) is 4.28. The predicted octanol–water partition coefficient (Wildman–Crippen LogP) is 5.17. The molecule has 0 fully saturated rings. The summed E-state index contributed by atoms with van der Waals surface area (Å²) >= 11 is 1.11. The van der Waals surface area contributed by atoms with Crippen LogP contribution in [0.2, 0.25) is 0 Å². The molecule has 0 spiro atoms. The number of rotatable bonds is 5. The molecule has 6 nitrogen and oxygen atoms in total. The zero-order valence-electron chi connectivity index (χ0n) is 16.7. The fourth-order valence-electron chi connectivity index (χ4n) is 3.04. The number of hydrogen-bond acceptors (Lipinski definition) is 6. The zero-order chi connectivity index (χ0) is 22.7. The fourth-order valence-corrected chi connectivity index (χ4v) is 3.76. The van der Waals surface area contributed by atoms with Gasteiger partial charge in [-0.2, -0.15) is 13.2 Å². The standard InChI is InChI=1S/C22H17F3N2O4S/c1-29-15-5-2-13(3-6-15)17-12-32-21(26-17)27-20(28)11-16(22(23,24)25)14-4-7-18-19(10-14)31-9-8-30-18/h2-7,10-12H,8-9H2,1H3,(H,26,27,28)/b16-11+. The van der Waals surface area contributed by atoms with Crippen molar-refractivity contribution in [3.05, 3.63) is 59.5 Å². The van der Waals surface area contributed by atoms with Crippen LogP contribution in [0.5, 0.6) is 17.2 Å². The number of ether oxygens (including phenoxy) is 3. The molecule has 0 radical (unpaired) electrons. The number of fused-ring (bicyclic) bond motifs is 1. The molecule has 1 aliphatic rings. The third kappa shape index (κ3) is 4.86. The van der Waals surface area contributed by atoms with Gasteiger partial charge in [-0.1, -0.05) is 6.07 Å². The van der Waals surface area contributed by atoms with Gasteiger partial charge in [0.05, 0.1) is 18.4 Å². The number of nitrogens with zero attached hydrogens (tertiary/aromatic N) is 1. The van der Waals surface area contributed by atoms with Gasteiger partial charge in [0, 0.05) is 17.0 Å². The van der Waals surface area contributed by atoms with Crippen LogP contribution < -0.4 is 19.5 Å². The van der Waals surface area contributed by atoms with Gasteiger partial charge in [0.2, 0.25) is 0 Å². The maximum absolute atomic E-state index is 13.7. The number of aromatic nitrogens is 1. The van der Waals surface area contributed by atoms with Crippen molar-refractivity contribution in [3.63, 3.8) is 0 Å². The minimum atomic E-state index is -4.75. The number of carbonyl (C=O) groups excluding carboxylic acids is 1. The number of hydrogen-bond donors (Lipinski definition) is 1. The summed E-state index contributed by atoms with van der Waals surface area (Å²) < 4.78 is 56.8. The first-order valence-corrected chi connectivity index (χ1v) is 10.3. The van der Waals surface area contributed by atoms with Gasteiger partial charge >= 0.3 is 6.18 Å². The molecule has 2 aromatic carbocycles. The molecule has 1 amide bonds. The lowest BCUT2D eigenvalue weighted by atomic mass is 10.0. The van der Waals surface area contributed by atoms with Crippen LogP contribution in [0.3, 0.4) is 0 Å². The molecule has 166 valence electrons. The van der Waals surface area contributed by atoms with E-state index in [0.717, 1.165) is 16.9 Å². The van der Waals surface area contributed by atoms with Crippen molar-refractivity contribution >= 4 is 27.9 Å². The summed E-state index contributed by atoms with van der Waals surface area (Å²) in [4.78, 5) is 16.6. The second kappa shape index (κ2) is 8.91. The summed E-state index contributed by atoms with van der Waals surface area (Å²) in [6.07, 6.45) is -4.24. The largest absolute Gasteiger partial charge is 0.497 e. The number of methoxy groups -OCH3 is 1. The summed E-state index contributed by atoms with van der Waals surface area (Å²) in [5.74, 6) is 0.303. The predicted molar refractivity (Wildman–Crippen MR) is 114 cm³/mol. The van der Waals surface area contributed by atoms with Gasteiger partial charge in [-0.05, 0) is 42.0 Å². The highest BCUT2D eigenvalue weighted by Gasteiger charge is 2.36. The topological polar surface area (TPSA) is 69.7 Å². The monoisotopic (exact) mass is 462 g/mol. The first-order valence-electron chi connectivity index (χ1n) is 9.43. The highest BCUT2D eigenvalue weighted by molar-refractivity contribution is 7.14. The van der Waals surface area contributed by atoms with Crippen LogP contribution in [-0.4, -0.2) is 37.4 Å². The normalized spacial score (nSPS) is 13.6. The van der Waals surface area contributed by atoms with Gasteiger partial charge in [-0.25, -0.2) is 4.98 Å². The lowest BCUT2D eigenvalue weighted by Crippen LogP contribution is -2.18. The fraction of sp³-hybridized carbons (Fsp3) is 0.182. The molecular weight excluding hydrogens is 445 g/mol. The number of allylic oxidation sites excluding steroid dienone is 1. The zero-order valence-corrected chi connectivity index (χ0v) is 17.5. The van der Waals surface area contributed by atoms with Crippen LogP contribution in [0.4, 0.5) is 18.3 Å². The van der Waals surface area contributed by atoms with Crippen LogP contribution in [0.25, 0.3) is 16.8 Å². The number of amides is 1. The van der Waals surface area contributed by atoms with E-state index in [2.05, 4.69) is 10.3 Å². The number of nitrogens with one attached hydrogen (secondary N) is 1. The molecule has 0 unspecified atom stereocenters. The molecule has 2 heterocycles. The number of carbonyl (C=O) groups is 1. The van der Waals surface area contributed by atoms with Gasteiger partial charge in [-0.15, -0.1) is 11.3 Å². The highest BCUT2D eigenvalue weighted by atomic mass is 32.1. The van der Waals surface area contributed by atoms with E-state index in [9.17, 15) is 18.0 Å². The lowest BCUT2D eigenvalue weighted by Gasteiger charge is -2.20. The van der Waals surface area contributed by atoms with Crippen LogP contribution in [0, 0.1) is 0 Å². The third-order valence-electron chi connectivity index (χ3n) is 4.55. The Balaban J connectivity index is 1.54.